The van der Waals surface area contributed by atoms with E-state index in [1.54, 1.807) is 0 Å². The minimum atomic E-state index is 1.16. The third-order valence-electron chi connectivity index (χ3n) is 5.59. The number of unbranched alkanes of at least 4 members (excludes halogenated alkanes) is 12. The van der Waals surface area contributed by atoms with Gasteiger partial charge in [-0.3, -0.25) is 0 Å². The van der Waals surface area contributed by atoms with Gasteiger partial charge in [0.2, 0.25) is 0 Å². The van der Waals surface area contributed by atoms with Gasteiger partial charge in [0.1, 0.15) is 0 Å². The molecule has 2 rings (SSSR count). The number of para-hydroxylation sites is 1. The van der Waals surface area contributed by atoms with E-state index in [0.717, 1.165) is 6.54 Å². The van der Waals surface area contributed by atoms with E-state index in [0.29, 0.717) is 0 Å². The zero-order valence-corrected chi connectivity index (χ0v) is 17.7. The Labute approximate surface area is 167 Å². The van der Waals surface area contributed by atoms with Gasteiger partial charge in [-0.2, -0.15) is 0 Å². The van der Waals surface area contributed by atoms with Gasteiger partial charge in [-0.25, -0.2) is 0 Å². The highest BCUT2D eigenvalue weighted by Gasteiger charge is 1.99. The molecule has 0 amide bonds. The lowest BCUT2D eigenvalue weighted by atomic mass is 10.1. The van der Waals surface area contributed by atoms with Crippen molar-refractivity contribution >= 4 is 10.9 Å². The average molecular weight is 368 g/mol. The maximum atomic E-state index is 2.42. The van der Waals surface area contributed by atoms with Gasteiger partial charge in [0.05, 0.1) is 0 Å². The van der Waals surface area contributed by atoms with Gasteiger partial charge in [-0.15, -0.1) is 0 Å². The first-order chi connectivity index (χ1) is 13.4. The number of benzene rings is 1. The molecule has 0 saturated heterocycles. The molecule has 27 heavy (non-hydrogen) atoms. The van der Waals surface area contributed by atoms with Gasteiger partial charge in [-0.05, 0) is 49.6 Å². The third-order valence-corrected chi connectivity index (χ3v) is 5.59. The lowest BCUT2D eigenvalue weighted by Gasteiger charge is -2.05. The Morgan fingerprint density at radius 1 is 0.667 bits per heavy atom. The molecule has 0 unspecified atom stereocenters. The standard InChI is InChI=1S/C26H41N/c1-2-3-4-5-6-7-8-9-10-11-12-13-14-15-16-19-23-27-24-22-25-20-17-18-21-26(25)27/h9-10,17-18,20-22,24H,2-8,11-16,19,23H2,1H3/b10-9-. The number of allylic oxidation sites excluding steroid dienone is 2. The van der Waals surface area contributed by atoms with E-state index in [1.807, 2.05) is 0 Å². The van der Waals surface area contributed by atoms with Crippen LogP contribution in [-0.2, 0) is 6.54 Å². The Hall–Kier alpha value is -1.50. The Kier molecular flexibility index (Phi) is 11.7. The van der Waals surface area contributed by atoms with Crippen LogP contribution in [0.3, 0.4) is 0 Å². The average Bonchev–Trinajstić information content (AvgIpc) is 3.11. The summed E-state index contributed by atoms with van der Waals surface area (Å²) < 4.78 is 2.41. The lowest BCUT2D eigenvalue weighted by molar-refractivity contribution is 0.560. The van der Waals surface area contributed by atoms with Crippen LogP contribution in [0.2, 0.25) is 0 Å². The molecule has 0 aliphatic rings. The van der Waals surface area contributed by atoms with Crippen LogP contribution in [0.1, 0.15) is 96.8 Å². The minimum absolute atomic E-state index is 1.16. The highest BCUT2D eigenvalue weighted by molar-refractivity contribution is 5.79. The van der Waals surface area contributed by atoms with E-state index in [9.17, 15) is 0 Å². The minimum Gasteiger partial charge on any atom is -0.347 e. The van der Waals surface area contributed by atoms with Gasteiger partial charge >= 0.3 is 0 Å². The summed E-state index contributed by atoms with van der Waals surface area (Å²) in [6.07, 6.45) is 26.3. The van der Waals surface area contributed by atoms with Crippen molar-refractivity contribution in [3.63, 3.8) is 0 Å². The largest absolute Gasteiger partial charge is 0.347 e. The van der Waals surface area contributed by atoms with Crippen LogP contribution in [0.15, 0.2) is 48.7 Å². The maximum Gasteiger partial charge on any atom is 0.0480 e. The van der Waals surface area contributed by atoms with E-state index in [2.05, 4.69) is 60.2 Å². The van der Waals surface area contributed by atoms with Crippen LogP contribution in [-0.4, -0.2) is 4.57 Å². The van der Waals surface area contributed by atoms with E-state index in [4.69, 9.17) is 0 Å². The summed E-state index contributed by atoms with van der Waals surface area (Å²) >= 11 is 0. The summed E-state index contributed by atoms with van der Waals surface area (Å²) in [5.74, 6) is 0. The summed E-state index contributed by atoms with van der Waals surface area (Å²) in [5.41, 5.74) is 1.38. The van der Waals surface area contributed by atoms with Crippen molar-refractivity contribution in [2.45, 2.75) is 103 Å². The lowest BCUT2D eigenvalue weighted by Crippen LogP contribution is -1.95. The van der Waals surface area contributed by atoms with Crippen LogP contribution in [0.25, 0.3) is 10.9 Å². The molecule has 1 heteroatoms. The molecular formula is C26H41N. The van der Waals surface area contributed by atoms with Gasteiger partial charge in [0.25, 0.3) is 0 Å². The van der Waals surface area contributed by atoms with Crippen molar-refractivity contribution in [3.8, 4) is 0 Å². The molecule has 2 aromatic rings. The number of aryl methyl sites for hydroxylation is 1. The van der Waals surface area contributed by atoms with Crippen LogP contribution in [0.5, 0.6) is 0 Å². The summed E-state index contributed by atoms with van der Waals surface area (Å²) in [4.78, 5) is 0. The van der Waals surface area contributed by atoms with E-state index in [1.165, 1.54) is 101 Å². The summed E-state index contributed by atoms with van der Waals surface area (Å²) in [6.45, 7) is 3.45. The highest BCUT2D eigenvalue weighted by Crippen LogP contribution is 2.16. The molecule has 1 aromatic carbocycles. The summed E-state index contributed by atoms with van der Waals surface area (Å²) in [6, 6.07) is 10.9. The molecule has 1 heterocycles. The smallest absolute Gasteiger partial charge is 0.0480 e. The first-order valence-corrected chi connectivity index (χ1v) is 11.6. The molecule has 0 atom stereocenters. The van der Waals surface area contributed by atoms with E-state index >= 15 is 0 Å². The zero-order valence-electron chi connectivity index (χ0n) is 17.7. The first kappa shape index (κ1) is 21.8. The molecule has 1 aromatic heterocycles. The molecule has 0 N–H and O–H groups in total. The number of aromatic nitrogens is 1. The van der Waals surface area contributed by atoms with Crippen LogP contribution >= 0.6 is 0 Å². The van der Waals surface area contributed by atoms with Crippen molar-refractivity contribution in [2.75, 3.05) is 0 Å². The Bertz CT molecular complexity index is 622. The fourth-order valence-corrected chi connectivity index (χ4v) is 3.87. The van der Waals surface area contributed by atoms with Gasteiger partial charge in [-0.1, -0.05) is 95.1 Å². The van der Waals surface area contributed by atoms with Crippen LogP contribution in [0, 0.1) is 0 Å². The van der Waals surface area contributed by atoms with Crippen molar-refractivity contribution in [2.24, 2.45) is 0 Å². The summed E-state index contributed by atoms with van der Waals surface area (Å²) in [5, 5.41) is 1.36. The molecule has 0 saturated carbocycles. The molecule has 0 aliphatic carbocycles. The second kappa shape index (κ2) is 14.5. The molecule has 1 nitrogen and oxygen atoms in total. The second-order valence-corrected chi connectivity index (χ2v) is 8.01. The van der Waals surface area contributed by atoms with E-state index < -0.39 is 0 Å². The molecule has 0 radical (unpaired) electrons. The van der Waals surface area contributed by atoms with Crippen molar-refractivity contribution in [1.29, 1.82) is 0 Å². The third kappa shape index (κ3) is 9.31. The summed E-state index contributed by atoms with van der Waals surface area (Å²) in [7, 11) is 0. The number of nitrogens with zero attached hydrogens (tertiary/aromatic N) is 1. The van der Waals surface area contributed by atoms with Gasteiger partial charge in [0, 0.05) is 18.3 Å². The topological polar surface area (TPSA) is 4.93 Å². The predicted octanol–water partition coefficient (Wildman–Crippen LogP) is 8.68. The molecule has 0 spiro atoms. The SMILES string of the molecule is CCCCCCCC/C=C\CCCCCCCCn1ccc2ccccc21. The normalized spacial score (nSPS) is 11.7. The maximum absolute atomic E-state index is 2.42. The molecule has 150 valence electrons. The predicted molar refractivity (Wildman–Crippen MR) is 121 cm³/mol. The molecule has 0 bridgehead atoms. The fourth-order valence-electron chi connectivity index (χ4n) is 3.87. The van der Waals surface area contributed by atoms with Crippen molar-refractivity contribution < 1.29 is 0 Å². The number of hydrogen-bond donors (Lipinski definition) is 0. The molecule has 0 fully saturated rings. The number of rotatable bonds is 16. The van der Waals surface area contributed by atoms with Crippen LogP contribution in [0.4, 0.5) is 0 Å². The Morgan fingerprint density at radius 3 is 1.96 bits per heavy atom. The van der Waals surface area contributed by atoms with Gasteiger partial charge in [0.15, 0.2) is 0 Å². The van der Waals surface area contributed by atoms with Crippen molar-refractivity contribution in [3.05, 3.63) is 48.7 Å². The Balaban J connectivity index is 1.37. The first-order valence-electron chi connectivity index (χ1n) is 11.6. The second-order valence-electron chi connectivity index (χ2n) is 8.01. The van der Waals surface area contributed by atoms with Crippen molar-refractivity contribution in [1.82, 2.24) is 4.57 Å². The zero-order chi connectivity index (χ0) is 19.0. The van der Waals surface area contributed by atoms with E-state index in [-0.39, 0.29) is 0 Å². The fraction of sp³-hybridized carbons (Fsp3) is 0.615. The van der Waals surface area contributed by atoms with Crippen LogP contribution < -0.4 is 0 Å². The molecular weight excluding hydrogens is 326 g/mol. The van der Waals surface area contributed by atoms with Gasteiger partial charge < -0.3 is 4.57 Å². The monoisotopic (exact) mass is 367 g/mol. The quantitative estimate of drug-likeness (QED) is 0.206. The highest BCUT2D eigenvalue weighted by atomic mass is 14.9. The number of hydrogen-bond acceptors (Lipinski definition) is 0. The Morgan fingerprint density at radius 2 is 1.26 bits per heavy atom. The number of fused-ring (bicyclic) bond motifs is 1. The molecule has 0 aliphatic heterocycles.